The van der Waals surface area contributed by atoms with Gasteiger partial charge in [0.25, 0.3) is 0 Å². The molecule has 0 bridgehead atoms. The van der Waals surface area contributed by atoms with Crippen LogP contribution >= 0.6 is 27.5 Å². The summed E-state index contributed by atoms with van der Waals surface area (Å²) in [7, 11) is 0. The van der Waals surface area contributed by atoms with E-state index in [4.69, 9.17) is 16.3 Å². The maximum absolute atomic E-state index is 13.1. The van der Waals surface area contributed by atoms with Crippen LogP contribution in [0.25, 0.3) is 0 Å². The molecular weight excluding hydrogens is 322 g/mol. The zero-order chi connectivity index (χ0) is 13.4. The third kappa shape index (κ3) is 5.94. The number of rotatable bonds is 8. The first-order valence-corrected chi connectivity index (χ1v) is 7.22. The number of ketones is 1. The third-order valence-corrected chi connectivity index (χ3v) is 3.33. The number of ether oxygens (including phenoxy) is 1. The lowest BCUT2D eigenvalue weighted by Gasteiger charge is -2.05. The van der Waals surface area contributed by atoms with Gasteiger partial charge in [-0.15, -0.1) is 0 Å². The summed E-state index contributed by atoms with van der Waals surface area (Å²) < 4.78 is 18.5. The molecule has 2 nitrogen and oxygen atoms in total. The van der Waals surface area contributed by atoms with Gasteiger partial charge in [0.1, 0.15) is 11.6 Å². The van der Waals surface area contributed by atoms with E-state index in [2.05, 4.69) is 15.9 Å². The van der Waals surface area contributed by atoms with E-state index in [0.717, 1.165) is 18.4 Å². The first-order valence-electron chi connectivity index (χ1n) is 5.73. The molecule has 1 aromatic carbocycles. The Morgan fingerprint density at radius 2 is 2.17 bits per heavy atom. The summed E-state index contributed by atoms with van der Waals surface area (Å²) in [6.45, 7) is 0.931. The Labute approximate surface area is 120 Å². The number of hydrogen-bond acceptors (Lipinski definition) is 2. The summed E-state index contributed by atoms with van der Waals surface area (Å²) in [5, 5.41) is 0.532. The summed E-state index contributed by atoms with van der Waals surface area (Å²) in [5.74, 6) is -0.226. The lowest BCUT2D eigenvalue weighted by Crippen LogP contribution is -2.01. The highest BCUT2D eigenvalue weighted by molar-refractivity contribution is 9.09. The zero-order valence-electron chi connectivity index (χ0n) is 9.93. The predicted molar refractivity (Wildman–Crippen MR) is 73.7 cm³/mol. The zero-order valence-corrected chi connectivity index (χ0v) is 12.3. The monoisotopic (exact) mass is 336 g/mol. The minimum absolute atomic E-state index is 0.118. The minimum atomic E-state index is -0.430. The minimum Gasteiger partial charge on any atom is -0.377 e. The molecular formula is C13H15BrClFO2. The molecule has 0 aliphatic carbocycles. The number of halogens is 3. The van der Waals surface area contributed by atoms with Crippen LogP contribution in [-0.2, 0) is 16.1 Å². The van der Waals surface area contributed by atoms with E-state index >= 15 is 0 Å². The molecule has 1 aromatic rings. The SMILES string of the molecule is O=C(CBr)CCCCOCc1ccc(Cl)c(F)c1. The Kier molecular flexibility index (Phi) is 7.47. The van der Waals surface area contributed by atoms with Gasteiger partial charge in [-0.05, 0) is 30.5 Å². The fourth-order valence-corrected chi connectivity index (χ4v) is 1.81. The van der Waals surface area contributed by atoms with E-state index in [1.54, 1.807) is 6.07 Å². The van der Waals surface area contributed by atoms with Crippen molar-refractivity contribution in [3.8, 4) is 0 Å². The Morgan fingerprint density at radius 3 is 2.83 bits per heavy atom. The second-order valence-corrected chi connectivity index (χ2v) is 4.90. The molecule has 100 valence electrons. The van der Waals surface area contributed by atoms with E-state index in [1.807, 2.05) is 0 Å². The number of hydrogen-bond donors (Lipinski definition) is 0. The van der Waals surface area contributed by atoms with Crippen molar-refractivity contribution in [1.82, 2.24) is 0 Å². The van der Waals surface area contributed by atoms with Crippen molar-refractivity contribution in [1.29, 1.82) is 0 Å². The van der Waals surface area contributed by atoms with Crippen molar-refractivity contribution in [2.75, 3.05) is 11.9 Å². The molecule has 0 atom stereocenters. The summed E-state index contributed by atoms with van der Waals surface area (Å²) in [6.07, 6.45) is 2.22. The first kappa shape index (κ1) is 15.6. The van der Waals surface area contributed by atoms with Crippen molar-refractivity contribution in [2.24, 2.45) is 0 Å². The van der Waals surface area contributed by atoms with E-state index in [0.29, 0.717) is 25.0 Å². The molecule has 5 heteroatoms. The van der Waals surface area contributed by atoms with E-state index < -0.39 is 5.82 Å². The average molecular weight is 338 g/mol. The quantitative estimate of drug-likeness (QED) is 0.526. The highest BCUT2D eigenvalue weighted by Crippen LogP contribution is 2.16. The molecule has 0 radical (unpaired) electrons. The Balaban J connectivity index is 2.14. The Bertz CT molecular complexity index is 399. The molecule has 0 amide bonds. The van der Waals surface area contributed by atoms with Crippen LogP contribution in [0.5, 0.6) is 0 Å². The molecule has 0 saturated carbocycles. The normalized spacial score (nSPS) is 10.6. The van der Waals surface area contributed by atoms with Crippen molar-refractivity contribution in [3.63, 3.8) is 0 Å². The van der Waals surface area contributed by atoms with Crippen LogP contribution in [0.15, 0.2) is 18.2 Å². The number of carbonyl (C=O) groups is 1. The summed E-state index contributed by atoms with van der Waals surface area (Å²) in [6, 6.07) is 4.63. The highest BCUT2D eigenvalue weighted by atomic mass is 79.9. The van der Waals surface area contributed by atoms with Crippen LogP contribution in [0, 0.1) is 5.82 Å². The van der Waals surface area contributed by atoms with Crippen molar-refractivity contribution < 1.29 is 13.9 Å². The number of carbonyl (C=O) groups excluding carboxylic acids is 1. The molecule has 0 aliphatic rings. The van der Waals surface area contributed by atoms with E-state index in [9.17, 15) is 9.18 Å². The standard InChI is InChI=1S/C13H15BrClFO2/c14-8-11(17)3-1-2-6-18-9-10-4-5-12(15)13(16)7-10/h4-5,7H,1-3,6,8-9H2. The second kappa shape index (κ2) is 8.62. The number of unbranched alkanes of at least 4 members (excludes halogenated alkanes) is 1. The van der Waals surface area contributed by atoms with Crippen molar-refractivity contribution >= 4 is 33.3 Å². The molecule has 0 N–H and O–H groups in total. The molecule has 0 saturated heterocycles. The van der Waals surface area contributed by atoms with Gasteiger partial charge in [-0.3, -0.25) is 4.79 Å². The summed E-state index contributed by atoms with van der Waals surface area (Å²) in [5.41, 5.74) is 0.758. The first-order chi connectivity index (χ1) is 8.63. The number of benzene rings is 1. The van der Waals surface area contributed by atoms with Gasteiger partial charge in [0, 0.05) is 13.0 Å². The third-order valence-electron chi connectivity index (χ3n) is 2.40. The fourth-order valence-electron chi connectivity index (χ4n) is 1.41. The maximum atomic E-state index is 13.1. The van der Waals surface area contributed by atoms with Crippen LogP contribution in [0.4, 0.5) is 4.39 Å². The van der Waals surface area contributed by atoms with Crippen LogP contribution in [0.1, 0.15) is 24.8 Å². The van der Waals surface area contributed by atoms with Gasteiger partial charge in [-0.25, -0.2) is 4.39 Å². The summed E-state index contributed by atoms with van der Waals surface area (Å²) in [4.78, 5) is 11.0. The highest BCUT2D eigenvalue weighted by Gasteiger charge is 2.02. The molecule has 0 aromatic heterocycles. The molecule has 1 rings (SSSR count). The van der Waals surface area contributed by atoms with E-state index in [-0.39, 0.29) is 10.8 Å². The molecule has 0 aliphatic heterocycles. The maximum Gasteiger partial charge on any atom is 0.143 e. The van der Waals surface area contributed by atoms with Gasteiger partial charge < -0.3 is 4.74 Å². The van der Waals surface area contributed by atoms with Gasteiger partial charge in [0.05, 0.1) is 17.0 Å². The van der Waals surface area contributed by atoms with Gasteiger partial charge in [-0.1, -0.05) is 33.6 Å². The fraction of sp³-hybridized carbons (Fsp3) is 0.462. The van der Waals surface area contributed by atoms with Gasteiger partial charge in [-0.2, -0.15) is 0 Å². The van der Waals surface area contributed by atoms with Gasteiger partial charge >= 0.3 is 0 Å². The molecule has 18 heavy (non-hydrogen) atoms. The van der Waals surface area contributed by atoms with Crippen LogP contribution in [-0.4, -0.2) is 17.7 Å². The van der Waals surface area contributed by atoms with Crippen LogP contribution in [0.3, 0.4) is 0 Å². The summed E-state index contributed by atoms with van der Waals surface area (Å²) >= 11 is 8.69. The van der Waals surface area contributed by atoms with Gasteiger partial charge in [0.15, 0.2) is 0 Å². The second-order valence-electron chi connectivity index (χ2n) is 3.93. The molecule has 0 fully saturated rings. The molecule has 0 unspecified atom stereocenters. The Hall–Kier alpha value is -0.450. The van der Waals surface area contributed by atoms with Crippen LogP contribution < -0.4 is 0 Å². The number of Topliss-reactive ketones (excluding diaryl/α,β-unsaturated/α-hetero) is 1. The largest absolute Gasteiger partial charge is 0.377 e. The molecule has 0 heterocycles. The smallest absolute Gasteiger partial charge is 0.143 e. The van der Waals surface area contributed by atoms with E-state index in [1.165, 1.54) is 12.1 Å². The van der Waals surface area contributed by atoms with Crippen molar-refractivity contribution in [2.45, 2.75) is 25.9 Å². The average Bonchev–Trinajstić information content (AvgIpc) is 2.37. The lowest BCUT2D eigenvalue weighted by molar-refractivity contribution is -0.116. The topological polar surface area (TPSA) is 26.3 Å². The van der Waals surface area contributed by atoms with Crippen LogP contribution in [0.2, 0.25) is 5.02 Å². The predicted octanol–water partition coefficient (Wildman–Crippen LogP) is 4.13. The Morgan fingerprint density at radius 1 is 1.39 bits per heavy atom. The van der Waals surface area contributed by atoms with Crippen molar-refractivity contribution in [3.05, 3.63) is 34.6 Å². The lowest BCUT2D eigenvalue weighted by atomic mass is 10.2. The molecule has 0 spiro atoms. The number of alkyl halides is 1. The van der Waals surface area contributed by atoms with Gasteiger partial charge in [0.2, 0.25) is 0 Å².